The smallest absolute Gasteiger partial charge is 0.0561 e. The van der Waals surface area contributed by atoms with Crippen LogP contribution in [0.5, 0.6) is 0 Å². The van der Waals surface area contributed by atoms with E-state index in [0.29, 0.717) is 0 Å². The van der Waals surface area contributed by atoms with Gasteiger partial charge in [-0.1, -0.05) is 24.3 Å². The fourth-order valence-corrected chi connectivity index (χ4v) is 2.10. The Balaban J connectivity index is 1.69. The number of anilines is 2. The zero-order valence-corrected chi connectivity index (χ0v) is 10.1. The number of hydrogen-bond acceptors (Lipinski definition) is 3. The van der Waals surface area contributed by atoms with Gasteiger partial charge in [0.15, 0.2) is 0 Å². The first-order chi connectivity index (χ1) is 8.92. The van der Waals surface area contributed by atoms with Crippen LogP contribution in [0.4, 0.5) is 11.4 Å². The van der Waals surface area contributed by atoms with Crippen LogP contribution in [-0.4, -0.2) is 12.8 Å². The van der Waals surface area contributed by atoms with Gasteiger partial charge in [-0.05, 0) is 41.8 Å². The summed E-state index contributed by atoms with van der Waals surface area (Å²) in [6, 6.07) is 16.3. The molecule has 3 heteroatoms. The van der Waals surface area contributed by atoms with Crippen molar-refractivity contribution in [1.82, 2.24) is 0 Å². The lowest BCUT2D eigenvalue weighted by atomic mass is 10.1. The number of benzene rings is 2. The summed E-state index contributed by atoms with van der Waals surface area (Å²) in [5.41, 5.74) is 7.76. The van der Waals surface area contributed by atoms with Crippen LogP contribution in [0.25, 0.3) is 0 Å². The highest BCUT2D eigenvalue weighted by atomic mass is 15.3. The molecule has 0 amide bonds. The molecule has 2 N–H and O–H groups in total. The van der Waals surface area contributed by atoms with E-state index in [9.17, 15) is 0 Å². The number of fused-ring (bicyclic) bond motifs is 1. The fourth-order valence-electron chi connectivity index (χ4n) is 2.10. The lowest BCUT2D eigenvalue weighted by molar-refractivity contribution is 1.11. The molecular formula is C15H15N3. The first-order valence-corrected chi connectivity index (χ1v) is 6.13. The molecule has 0 aliphatic carbocycles. The maximum Gasteiger partial charge on any atom is 0.0561 e. The highest BCUT2D eigenvalue weighted by molar-refractivity contribution is 5.82. The SMILES string of the molecule is C(=NNc1ccccc1)c1ccc2c(c1)CCN2. The Hall–Kier alpha value is -2.29. The summed E-state index contributed by atoms with van der Waals surface area (Å²) in [6.45, 7) is 1.04. The monoisotopic (exact) mass is 237 g/mol. The van der Waals surface area contributed by atoms with Crippen LogP contribution >= 0.6 is 0 Å². The summed E-state index contributed by atoms with van der Waals surface area (Å²) in [6.07, 6.45) is 2.95. The van der Waals surface area contributed by atoms with Gasteiger partial charge < -0.3 is 5.32 Å². The second-order valence-electron chi connectivity index (χ2n) is 4.33. The predicted molar refractivity (Wildman–Crippen MR) is 76.3 cm³/mol. The van der Waals surface area contributed by atoms with Gasteiger partial charge in [-0.25, -0.2) is 0 Å². The van der Waals surface area contributed by atoms with E-state index in [2.05, 4.69) is 34.0 Å². The van der Waals surface area contributed by atoms with Crippen molar-refractivity contribution in [3.05, 3.63) is 59.7 Å². The van der Waals surface area contributed by atoms with Gasteiger partial charge in [-0.2, -0.15) is 5.10 Å². The molecule has 2 aromatic rings. The van der Waals surface area contributed by atoms with Gasteiger partial charge >= 0.3 is 0 Å². The third kappa shape index (κ3) is 2.35. The largest absolute Gasteiger partial charge is 0.384 e. The molecule has 0 bridgehead atoms. The first-order valence-electron chi connectivity index (χ1n) is 6.13. The van der Waals surface area contributed by atoms with Gasteiger partial charge in [0.2, 0.25) is 0 Å². The lowest BCUT2D eigenvalue weighted by Crippen LogP contribution is -1.91. The molecule has 3 nitrogen and oxygen atoms in total. The van der Waals surface area contributed by atoms with E-state index in [4.69, 9.17) is 0 Å². The van der Waals surface area contributed by atoms with E-state index in [1.807, 2.05) is 36.5 Å². The Morgan fingerprint density at radius 2 is 2.00 bits per heavy atom. The molecule has 0 aromatic heterocycles. The molecule has 90 valence electrons. The zero-order chi connectivity index (χ0) is 12.2. The number of nitrogens with one attached hydrogen (secondary N) is 2. The van der Waals surface area contributed by atoms with Gasteiger partial charge in [0.05, 0.1) is 11.9 Å². The van der Waals surface area contributed by atoms with E-state index >= 15 is 0 Å². The van der Waals surface area contributed by atoms with Crippen LogP contribution in [0, 0.1) is 0 Å². The van der Waals surface area contributed by atoms with Gasteiger partial charge in [-0.15, -0.1) is 0 Å². The lowest BCUT2D eigenvalue weighted by Gasteiger charge is -2.01. The van der Waals surface area contributed by atoms with Crippen molar-refractivity contribution in [1.29, 1.82) is 0 Å². The van der Waals surface area contributed by atoms with Crippen LogP contribution in [0.3, 0.4) is 0 Å². The Bertz CT molecular complexity index is 561. The number of para-hydroxylation sites is 1. The molecule has 0 saturated heterocycles. The first kappa shape index (κ1) is 10.8. The maximum atomic E-state index is 4.24. The minimum absolute atomic E-state index is 0.997. The molecule has 0 fully saturated rings. The molecule has 18 heavy (non-hydrogen) atoms. The Kier molecular flexibility index (Phi) is 2.96. The Labute approximate surface area is 107 Å². The molecule has 1 aliphatic heterocycles. The average molecular weight is 237 g/mol. The van der Waals surface area contributed by atoms with Gasteiger partial charge in [0, 0.05) is 12.2 Å². The van der Waals surface area contributed by atoms with E-state index in [0.717, 1.165) is 24.2 Å². The number of hydrazone groups is 1. The van der Waals surface area contributed by atoms with E-state index in [-0.39, 0.29) is 0 Å². The molecule has 0 saturated carbocycles. The molecular weight excluding hydrogens is 222 g/mol. The molecule has 0 atom stereocenters. The van der Waals surface area contributed by atoms with Crippen LogP contribution in [0.2, 0.25) is 0 Å². The Morgan fingerprint density at radius 1 is 1.11 bits per heavy atom. The minimum Gasteiger partial charge on any atom is -0.384 e. The van der Waals surface area contributed by atoms with Gasteiger partial charge in [0.1, 0.15) is 0 Å². The molecule has 0 spiro atoms. The van der Waals surface area contributed by atoms with Crippen molar-refractivity contribution in [2.45, 2.75) is 6.42 Å². The summed E-state index contributed by atoms with van der Waals surface area (Å²) in [4.78, 5) is 0. The molecule has 0 unspecified atom stereocenters. The topological polar surface area (TPSA) is 36.4 Å². The van der Waals surface area contributed by atoms with Crippen molar-refractivity contribution in [3.8, 4) is 0 Å². The van der Waals surface area contributed by atoms with Crippen LogP contribution in [-0.2, 0) is 6.42 Å². The average Bonchev–Trinajstić information content (AvgIpc) is 2.87. The van der Waals surface area contributed by atoms with Crippen molar-refractivity contribution in [2.75, 3.05) is 17.3 Å². The summed E-state index contributed by atoms with van der Waals surface area (Å²) < 4.78 is 0. The fraction of sp³-hybridized carbons (Fsp3) is 0.133. The highest BCUT2D eigenvalue weighted by Crippen LogP contribution is 2.22. The van der Waals surface area contributed by atoms with Crippen LogP contribution in [0.15, 0.2) is 53.6 Å². The number of nitrogens with zero attached hydrogens (tertiary/aromatic N) is 1. The molecule has 1 aliphatic rings. The van der Waals surface area contributed by atoms with Crippen molar-refractivity contribution < 1.29 is 0 Å². The predicted octanol–water partition coefficient (Wildman–Crippen LogP) is 3.10. The minimum atomic E-state index is 0.997. The second kappa shape index (κ2) is 4.92. The maximum absolute atomic E-state index is 4.24. The summed E-state index contributed by atoms with van der Waals surface area (Å²) in [5.74, 6) is 0. The van der Waals surface area contributed by atoms with Crippen LogP contribution < -0.4 is 10.7 Å². The molecule has 1 heterocycles. The standard InChI is InChI=1S/C15H15N3/c1-2-4-14(5-3-1)18-17-11-12-6-7-15-13(10-12)8-9-16-15/h1-7,10-11,16,18H,8-9H2. The van der Waals surface area contributed by atoms with Crippen molar-refractivity contribution in [3.63, 3.8) is 0 Å². The number of rotatable bonds is 3. The quantitative estimate of drug-likeness (QED) is 0.635. The van der Waals surface area contributed by atoms with Crippen molar-refractivity contribution in [2.24, 2.45) is 5.10 Å². The summed E-state index contributed by atoms with van der Waals surface area (Å²) >= 11 is 0. The molecule has 0 radical (unpaired) electrons. The van der Waals surface area contributed by atoms with E-state index in [1.54, 1.807) is 0 Å². The normalized spacial score (nSPS) is 13.3. The highest BCUT2D eigenvalue weighted by Gasteiger charge is 2.08. The van der Waals surface area contributed by atoms with E-state index in [1.165, 1.54) is 11.3 Å². The summed E-state index contributed by atoms with van der Waals surface area (Å²) in [5, 5.41) is 7.59. The van der Waals surface area contributed by atoms with Crippen molar-refractivity contribution >= 4 is 17.6 Å². The Morgan fingerprint density at radius 3 is 2.89 bits per heavy atom. The second-order valence-corrected chi connectivity index (χ2v) is 4.33. The van der Waals surface area contributed by atoms with E-state index < -0.39 is 0 Å². The third-order valence-electron chi connectivity index (χ3n) is 3.02. The van der Waals surface area contributed by atoms with Gasteiger partial charge in [0.25, 0.3) is 0 Å². The number of hydrogen-bond donors (Lipinski definition) is 2. The molecule has 2 aromatic carbocycles. The summed E-state index contributed by atoms with van der Waals surface area (Å²) in [7, 11) is 0. The zero-order valence-electron chi connectivity index (χ0n) is 10.1. The third-order valence-corrected chi connectivity index (χ3v) is 3.02. The molecule has 3 rings (SSSR count). The van der Waals surface area contributed by atoms with Crippen LogP contribution in [0.1, 0.15) is 11.1 Å². The van der Waals surface area contributed by atoms with Gasteiger partial charge in [-0.3, -0.25) is 5.43 Å².